The fraction of sp³-hybridized carbons (Fsp3) is 0.267. The van der Waals surface area contributed by atoms with E-state index in [0.717, 1.165) is 5.56 Å². The number of carbonyl (C=O) groups excluding carboxylic acids is 2. The summed E-state index contributed by atoms with van der Waals surface area (Å²) >= 11 is 0. The van der Waals surface area contributed by atoms with Crippen LogP contribution in [0.15, 0.2) is 34.9 Å². The Morgan fingerprint density at radius 1 is 1.36 bits per heavy atom. The summed E-state index contributed by atoms with van der Waals surface area (Å²) in [5, 5.41) is 6.40. The number of carbonyl (C=O) groups is 2. The predicted octanol–water partition coefficient (Wildman–Crippen LogP) is 1.60. The van der Waals surface area contributed by atoms with Gasteiger partial charge in [0.1, 0.15) is 5.76 Å². The monoisotopic (exact) mass is 303 g/mol. The van der Waals surface area contributed by atoms with Crippen LogP contribution in [0, 0.1) is 6.92 Å². The minimum atomic E-state index is -0.544. The molecule has 0 saturated heterocycles. The average molecular weight is 303 g/mol. The number of hydrogen-bond donors (Lipinski definition) is 2. The van der Waals surface area contributed by atoms with Gasteiger partial charge in [-0.25, -0.2) is 0 Å². The van der Waals surface area contributed by atoms with Gasteiger partial charge in [0.15, 0.2) is 5.69 Å². The number of nitrogens with zero attached hydrogens (tertiary/aromatic N) is 1. The van der Waals surface area contributed by atoms with E-state index in [1.165, 1.54) is 13.2 Å². The summed E-state index contributed by atoms with van der Waals surface area (Å²) in [6, 6.07) is 7.87. The average Bonchev–Trinajstić information content (AvgIpc) is 2.94. The lowest BCUT2D eigenvalue weighted by molar-refractivity contribution is -0.141. The molecule has 1 heterocycles. The van der Waals surface area contributed by atoms with Gasteiger partial charge in [0.2, 0.25) is 0 Å². The minimum Gasteiger partial charge on any atom is -0.469 e. The Kier molecular flexibility index (Phi) is 4.77. The van der Waals surface area contributed by atoms with E-state index in [9.17, 15) is 9.59 Å². The topological polar surface area (TPSA) is 107 Å². The Hall–Kier alpha value is -2.83. The van der Waals surface area contributed by atoms with E-state index >= 15 is 0 Å². The molecule has 3 N–H and O–H groups in total. The molecule has 7 heteroatoms. The molecule has 7 nitrogen and oxygen atoms in total. The molecule has 0 saturated carbocycles. The van der Waals surface area contributed by atoms with Crippen LogP contribution in [-0.2, 0) is 9.53 Å². The van der Waals surface area contributed by atoms with Crippen LogP contribution in [0.2, 0.25) is 0 Å². The van der Waals surface area contributed by atoms with Gasteiger partial charge in [-0.2, -0.15) is 0 Å². The van der Waals surface area contributed by atoms with Crippen molar-refractivity contribution in [3.8, 4) is 0 Å². The number of rotatable bonds is 5. The van der Waals surface area contributed by atoms with Crippen molar-refractivity contribution in [1.29, 1.82) is 0 Å². The molecule has 0 unspecified atom stereocenters. The Labute approximate surface area is 127 Å². The Bertz CT molecular complexity index is 664. The van der Waals surface area contributed by atoms with E-state index in [4.69, 9.17) is 10.3 Å². The molecule has 0 aliphatic heterocycles. The number of esters is 1. The van der Waals surface area contributed by atoms with Crippen molar-refractivity contribution in [2.75, 3.05) is 12.8 Å². The van der Waals surface area contributed by atoms with Crippen molar-refractivity contribution in [3.63, 3.8) is 0 Å². The molecule has 1 amide bonds. The number of aryl methyl sites for hydroxylation is 1. The van der Waals surface area contributed by atoms with Crippen LogP contribution >= 0.6 is 0 Å². The van der Waals surface area contributed by atoms with Gasteiger partial charge in [-0.15, -0.1) is 0 Å². The van der Waals surface area contributed by atoms with Crippen LogP contribution < -0.4 is 11.1 Å². The van der Waals surface area contributed by atoms with Crippen molar-refractivity contribution >= 4 is 17.6 Å². The Balaban J connectivity index is 2.18. The molecule has 2 rings (SSSR count). The zero-order valence-electron chi connectivity index (χ0n) is 12.3. The summed E-state index contributed by atoms with van der Waals surface area (Å²) in [5.74, 6) is -0.330. The van der Waals surface area contributed by atoms with Crippen LogP contribution in [-0.4, -0.2) is 24.1 Å². The Morgan fingerprint density at radius 3 is 2.59 bits per heavy atom. The molecule has 2 aromatic rings. The van der Waals surface area contributed by atoms with Gasteiger partial charge in [-0.3, -0.25) is 9.59 Å². The number of anilines is 1. The summed E-state index contributed by atoms with van der Waals surface area (Å²) < 4.78 is 9.54. The predicted molar refractivity (Wildman–Crippen MR) is 78.9 cm³/mol. The van der Waals surface area contributed by atoms with Crippen molar-refractivity contribution in [1.82, 2.24) is 10.5 Å². The van der Waals surface area contributed by atoms with Crippen LogP contribution in [0.4, 0.5) is 5.69 Å². The van der Waals surface area contributed by atoms with Crippen molar-refractivity contribution in [3.05, 3.63) is 47.3 Å². The van der Waals surface area contributed by atoms with E-state index < -0.39 is 17.9 Å². The lowest BCUT2D eigenvalue weighted by Gasteiger charge is -2.17. The second kappa shape index (κ2) is 6.75. The van der Waals surface area contributed by atoms with Gasteiger partial charge in [0, 0.05) is 11.8 Å². The molecule has 116 valence electrons. The van der Waals surface area contributed by atoms with Crippen molar-refractivity contribution < 1.29 is 18.8 Å². The highest BCUT2D eigenvalue weighted by atomic mass is 16.5. The lowest BCUT2D eigenvalue weighted by atomic mass is 10.0. The molecular formula is C15H17N3O4. The van der Waals surface area contributed by atoms with Crippen molar-refractivity contribution in [2.24, 2.45) is 0 Å². The molecule has 0 aliphatic rings. The quantitative estimate of drug-likeness (QED) is 0.641. The molecule has 0 spiro atoms. The lowest BCUT2D eigenvalue weighted by Crippen LogP contribution is -2.30. The number of ether oxygens (including phenoxy) is 1. The third kappa shape index (κ3) is 3.85. The zero-order chi connectivity index (χ0) is 16.1. The van der Waals surface area contributed by atoms with Gasteiger partial charge in [0.05, 0.1) is 19.6 Å². The molecule has 1 aromatic heterocycles. The second-order valence-corrected chi connectivity index (χ2v) is 4.80. The van der Waals surface area contributed by atoms with E-state index in [0.29, 0.717) is 11.4 Å². The maximum absolute atomic E-state index is 12.2. The summed E-state index contributed by atoms with van der Waals surface area (Å²) in [5.41, 5.74) is 7.14. The SMILES string of the molecule is COC(=O)C[C@@H](NC(=O)c1cc(C)on1)c1ccc(N)cc1. The standard InChI is InChI=1S/C15H17N3O4/c1-9-7-13(18-22-9)15(20)17-12(8-14(19)21-2)10-3-5-11(16)6-4-10/h3-7,12H,8,16H2,1-2H3,(H,17,20)/t12-/m1/s1. The molecule has 0 bridgehead atoms. The number of aromatic nitrogens is 1. The van der Waals surface area contributed by atoms with Crippen LogP contribution in [0.3, 0.4) is 0 Å². The fourth-order valence-electron chi connectivity index (χ4n) is 1.94. The fourth-order valence-corrected chi connectivity index (χ4v) is 1.94. The number of amides is 1. The van der Waals surface area contributed by atoms with Gasteiger partial charge >= 0.3 is 5.97 Å². The first-order valence-corrected chi connectivity index (χ1v) is 6.66. The van der Waals surface area contributed by atoms with Crippen LogP contribution in [0.25, 0.3) is 0 Å². The zero-order valence-corrected chi connectivity index (χ0v) is 12.3. The number of nitrogen functional groups attached to an aromatic ring is 1. The maximum Gasteiger partial charge on any atom is 0.307 e. The largest absolute Gasteiger partial charge is 0.469 e. The van der Waals surface area contributed by atoms with E-state index in [1.54, 1.807) is 31.2 Å². The number of nitrogens with one attached hydrogen (secondary N) is 1. The van der Waals surface area contributed by atoms with Gasteiger partial charge in [-0.05, 0) is 24.6 Å². The molecule has 1 atom stereocenters. The minimum absolute atomic E-state index is 0.00297. The molecule has 0 radical (unpaired) electrons. The van der Waals surface area contributed by atoms with E-state index in [-0.39, 0.29) is 12.1 Å². The number of hydrogen-bond acceptors (Lipinski definition) is 6. The van der Waals surface area contributed by atoms with E-state index in [1.807, 2.05) is 0 Å². The first kappa shape index (κ1) is 15.6. The maximum atomic E-state index is 12.2. The van der Waals surface area contributed by atoms with Gasteiger partial charge < -0.3 is 20.3 Å². The third-order valence-electron chi connectivity index (χ3n) is 3.10. The normalized spacial score (nSPS) is 11.7. The highest BCUT2D eigenvalue weighted by Crippen LogP contribution is 2.19. The van der Waals surface area contributed by atoms with Gasteiger partial charge in [0.25, 0.3) is 5.91 Å². The first-order chi connectivity index (χ1) is 10.5. The highest BCUT2D eigenvalue weighted by molar-refractivity contribution is 5.92. The van der Waals surface area contributed by atoms with Crippen molar-refractivity contribution in [2.45, 2.75) is 19.4 Å². The number of nitrogens with two attached hydrogens (primary N) is 1. The summed E-state index contributed by atoms with van der Waals surface area (Å²) in [6.45, 7) is 1.69. The molecule has 0 aliphatic carbocycles. The van der Waals surface area contributed by atoms with Crippen LogP contribution in [0.1, 0.15) is 34.3 Å². The third-order valence-corrected chi connectivity index (χ3v) is 3.10. The summed E-state index contributed by atoms with van der Waals surface area (Å²) in [6.07, 6.45) is 0.00297. The Morgan fingerprint density at radius 2 is 2.05 bits per heavy atom. The van der Waals surface area contributed by atoms with E-state index in [2.05, 4.69) is 15.2 Å². The molecular weight excluding hydrogens is 286 g/mol. The molecule has 22 heavy (non-hydrogen) atoms. The highest BCUT2D eigenvalue weighted by Gasteiger charge is 2.21. The first-order valence-electron chi connectivity index (χ1n) is 6.66. The van der Waals surface area contributed by atoms with Gasteiger partial charge in [-0.1, -0.05) is 17.3 Å². The summed E-state index contributed by atoms with van der Waals surface area (Å²) in [7, 11) is 1.30. The second-order valence-electron chi connectivity index (χ2n) is 4.80. The number of benzene rings is 1. The summed E-state index contributed by atoms with van der Waals surface area (Å²) in [4.78, 5) is 23.7. The number of methoxy groups -OCH3 is 1. The smallest absolute Gasteiger partial charge is 0.307 e. The molecule has 0 fully saturated rings. The molecule has 1 aromatic carbocycles. The van der Waals surface area contributed by atoms with Crippen LogP contribution in [0.5, 0.6) is 0 Å².